The summed E-state index contributed by atoms with van der Waals surface area (Å²) < 4.78 is 13.0. The second kappa shape index (κ2) is 11.3. The molecule has 1 N–H and O–H groups in total. The normalized spacial score (nSPS) is 16.5. The number of rotatable bonds is 11. The molecule has 0 saturated carbocycles. The lowest BCUT2D eigenvalue weighted by Crippen LogP contribution is -2.45. The first-order chi connectivity index (χ1) is 13.7. The molecule has 0 amide bonds. The topological polar surface area (TPSA) is 50.1 Å². The minimum Gasteiger partial charge on any atom is -0.390 e. The third-order valence-electron chi connectivity index (χ3n) is 5.16. The van der Waals surface area contributed by atoms with Crippen LogP contribution in [0, 0.1) is 0 Å². The van der Waals surface area contributed by atoms with E-state index in [-0.39, 0.29) is 6.10 Å². The van der Waals surface area contributed by atoms with Gasteiger partial charge in [-0.05, 0) is 17.7 Å². The van der Waals surface area contributed by atoms with Crippen LogP contribution in [0.15, 0.2) is 48.7 Å². The Kier molecular flexibility index (Phi) is 8.51. The number of aromatic nitrogens is 1. The summed E-state index contributed by atoms with van der Waals surface area (Å²) in [5.74, 6) is 0. The largest absolute Gasteiger partial charge is 0.390 e. The van der Waals surface area contributed by atoms with Crippen LogP contribution in [-0.2, 0) is 22.6 Å². The van der Waals surface area contributed by atoms with Crippen molar-refractivity contribution in [2.24, 2.45) is 0 Å². The van der Waals surface area contributed by atoms with Crippen LogP contribution >= 0.6 is 0 Å². The summed E-state index contributed by atoms with van der Waals surface area (Å²) >= 11 is 0. The first kappa shape index (κ1) is 21.0. The number of aliphatic hydroxyl groups excluding tert-OH is 1. The van der Waals surface area contributed by atoms with E-state index >= 15 is 0 Å². The molecular formula is C22H33N3O3. The van der Waals surface area contributed by atoms with E-state index in [1.165, 1.54) is 11.3 Å². The molecule has 1 aliphatic heterocycles. The molecule has 1 fully saturated rings. The van der Waals surface area contributed by atoms with Gasteiger partial charge in [-0.2, -0.15) is 0 Å². The molecule has 0 radical (unpaired) electrons. The predicted molar refractivity (Wildman–Crippen MR) is 110 cm³/mol. The van der Waals surface area contributed by atoms with Crippen molar-refractivity contribution < 1.29 is 14.6 Å². The minimum atomic E-state index is -0.382. The first-order valence-corrected chi connectivity index (χ1v) is 10.1. The van der Waals surface area contributed by atoms with Gasteiger partial charge in [0.15, 0.2) is 0 Å². The second-order valence-electron chi connectivity index (χ2n) is 7.41. The van der Waals surface area contributed by atoms with E-state index in [9.17, 15) is 5.11 Å². The standard InChI is InChI=1S/C22H33N3O3/c1-27-13-10-24(19-22(26)18-23-11-14-28-15-12-23)17-21-8-5-9-25(21)16-20-6-3-2-4-7-20/h2-9,22,26H,10-19H2,1H3/t22-/m1/s1. The SMILES string of the molecule is COCCN(Cc1cccn1Cc1ccccc1)C[C@H](O)CN1CCOCC1. The van der Waals surface area contributed by atoms with Gasteiger partial charge in [0, 0.05) is 64.8 Å². The van der Waals surface area contributed by atoms with Crippen molar-refractivity contribution in [2.45, 2.75) is 19.2 Å². The molecular weight excluding hydrogens is 354 g/mol. The number of morpholine rings is 1. The molecule has 28 heavy (non-hydrogen) atoms. The molecule has 0 unspecified atom stereocenters. The average Bonchev–Trinajstić information content (AvgIpc) is 3.14. The van der Waals surface area contributed by atoms with E-state index in [1.54, 1.807) is 7.11 Å². The summed E-state index contributed by atoms with van der Waals surface area (Å²) in [6.07, 6.45) is 1.74. The molecule has 1 saturated heterocycles. The van der Waals surface area contributed by atoms with Gasteiger partial charge >= 0.3 is 0 Å². The van der Waals surface area contributed by atoms with Gasteiger partial charge in [0.2, 0.25) is 0 Å². The van der Waals surface area contributed by atoms with Gasteiger partial charge in [-0.1, -0.05) is 30.3 Å². The molecule has 2 heterocycles. The lowest BCUT2D eigenvalue weighted by atomic mass is 10.2. The molecule has 2 aromatic rings. The predicted octanol–water partition coefficient (Wildman–Crippen LogP) is 1.68. The summed E-state index contributed by atoms with van der Waals surface area (Å²) in [5, 5.41) is 10.6. The van der Waals surface area contributed by atoms with Gasteiger partial charge in [0.1, 0.15) is 0 Å². The number of hydrogen-bond acceptors (Lipinski definition) is 5. The number of hydrogen-bond donors (Lipinski definition) is 1. The monoisotopic (exact) mass is 387 g/mol. The third kappa shape index (κ3) is 6.72. The molecule has 1 aromatic heterocycles. The molecule has 1 aromatic carbocycles. The zero-order chi connectivity index (χ0) is 19.6. The fourth-order valence-electron chi connectivity index (χ4n) is 3.65. The molecule has 1 atom stereocenters. The zero-order valence-corrected chi connectivity index (χ0v) is 16.9. The van der Waals surface area contributed by atoms with Gasteiger partial charge in [0.25, 0.3) is 0 Å². The van der Waals surface area contributed by atoms with Gasteiger partial charge in [-0.3, -0.25) is 9.80 Å². The highest BCUT2D eigenvalue weighted by molar-refractivity contribution is 5.17. The van der Waals surface area contributed by atoms with Crippen molar-refractivity contribution in [3.8, 4) is 0 Å². The van der Waals surface area contributed by atoms with Gasteiger partial charge in [0.05, 0.1) is 25.9 Å². The van der Waals surface area contributed by atoms with Gasteiger partial charge < -0.3 is 19.1 Å². The van der Waals surface area contributed by atoms with Gasteiger partial charge in [-0.25, -0.2) is 0 Å². The number of aliphatic hydroxyl groups is 1. The third-order valence-corrected chi connectivity index (χ3v) is 5.16. The number of methoxy groups -OCH3 is 1. The molecule has 1 aliphatic rings. The molecule has 0 aliphatic carbocycles. The van der Waals surface area contributed by atoms with Crippen molar-refractivity contribution in [1.82, 2.24) is 14.4 Å². The molecule has 3 rings (SSSR count). The van der Waals surface area contributed by atoms with E-state index in [4.69, 9.17) is 9.47 Å². The highest BCUT2D eigenvalue weighted by Gasteiger charge is 2.18. The molecule has 0 bridgehead atoms. The van der Waals surface area contributed by atoms with Crippen molar-refractivity contribution in [3.05, 3.63) is 59.9 Å². The highest BCUT2D eigenvalue weighted by atomic mass is 16.5. The van der Waals surface area contributed by atoms with Crippen LogP contribution in [0.2, 0.25) is 0 Å². The number of nitrogens with zero attached hydrogens (tertiary/aromatic N) is 3. The Balaban J connectivity index is 1.58. The Morgan fingerprint density at radius 2 is 1.93 bits per heavy atom. The first-order valence-electron chi connectivity index (χ1n) is 10.1. The Labute approximate surface area is 168 Å². The van der Waals surface area contributed by atoms with Crippen molar-refractivity contribution in [1.29, 1.82) is 0 Å². The van der Waals surface area contributed by atoms with Crippen molar-refractivity contribution in [3.63, 3.8) is 0 Å². The van der Waals surface area contributed by atoms with Crippen LogP contribution in [0.5, 0.6) is 0 Å². The van der Waals surface area contributed by atoms with Crippen LogP contribution in [-0.4, -0.2) is 85.2 Å². The van der Waals surface area contributed by atoms with Crippen LogP contribution in [0.4, 0.5) is 0 Å². The highest BCUT2D eigenvalue weighted by Crippen LogP contribution is 2.11. The number of β-amino-alcohol motifs (C(OH)–C–C–N with tert-alkyl or cyclic N) is 1. The summed E-state index contributed by atoms with van der Waals surface area (Å²) in [5.41, 5.74) is 2.54. The van der Waals surface area contributed by atoms with E-state index in [0.29, 0.717) is 19.7 Å². The lowest BCUT2D eigenvalue weighted by Gasteiger charge is -2.31. The van der Waals surface area contributed by atoms with Crippen LogP contribution < -0.4 is 0 Å². The van der Waals surface area contributed by atoms with E-state index in [2.05, 4.69) is 57.0 Å². The number of benzene rings is 1. The van der Waals surface area contributed by atoms with Crippen LogP contribution in [0.25, 0.3) is 0 Å². The lowest BCUT2D eigenvalue weighted by molar-refractivity contribution is 0.00419. The number of ether oxygens (including phenoxy) is 2. The van der Waals surface area contributed by atoms with Crippen molar-refractivity contribution in [2.75, 3.05) is 59.7 Å². The summed E-state index contributed by atoms with van der Waals surface area (Å²) in [6.45, 7) is 7.75. The van der Waals surface area contributed by atoms with Crippen LogP contribution in [0.3, 0.4) is 0 Å². The smallest absolute Gasteiger partial charge is 0.0793 e. The van der Waals surface area contributed by atoms with Crippen molar-refractivity contribution >= 4 is 0 Å². The summed E-state index contributed by atoms with van der Waals surface area (Å²) in [4.78, 5) is 4.56. The molecule has 154 valence electrons. The Hall–Kier alpha value is -1.70. The Morgan fingerprint density at radius 1 is 1.14 bits per heavy atom. The molecule has 6 nitrogen and oxygen atoms in total. The van der Waals surface area contributed by atoms with Crippen LogP contribution in [0.1, 0.15) is 11.3 Å². The Bertz CT molecular complexity index is 671. The fourth-order valence-corrected chi connectivity index (χ4v) is 3.65. The maximum Gasteiger partial charge on any atom is 0.0793 e. The average molecular weight is 388 g/mol. The maximum absolute atomic E-state index is 10.6. The summed E-state index contributed by atoms with van der Waals surface area (Å²) in [6, 6.07) is 14.8. The minimum absolute atomic E-state index is 0.382. The zero-order valence-electron chi connectivity index (χ0n) is 16.9. The van der Waals surface area contributed by atoms with E-state index in [0.717, 1.165) is 45.9 Å². The van der Waals surface area contributed by atoms with Gasteiger partial charge in [-0.15, -0.1) is 0 Å². The summed E-state index contributed by atoms with van der Waals surface area (Å²) in [7, 11) is 1.72. The molecule has 6 heteroatoms. The fraction of sp³-hybridized carbons (Fsp3) is 0.545. The van der Waals surface area contributed by atoms with E-state index in [1.807, 2.05) is 6.07 Å². The quantitative estimate of drug-likeness (QED) is 0.636. The molecule has 0 spiro atoms. The second-order valence-corrected chi connectivity index (χ2v) is 7.41. The van der Waals surface area contributed by atoms with E-state index < -0.39 is 0 Å². The Morgan fingerprint density at radius 3 is 2.68 bits per heavy atom. The maximum atomic E-state index is 10.6.